The number of nitrogens with zero attached hydrogens (tertiary/aromatic N) is 3. The highest BCUT2D eigenvalue weighted by Crippen LogP contribution is 2.29. The van der Waals surface area contributed by atoms with Crippen molar-refractivity contribution in [2.24, 2.45) is 11.1 Å². The smallest absolute Gasteiger partial charge is 0.405 e. The van der Waals surface area contributed by atoms with Crippen LogP contribution >= 0.6 is 27.3 Å². The first kappa shape index (κ1) is 20.4. The Bertz CT molecular complexity index is 865. The van der Waals surface area contributed by atoms with Gasteiger partial charge in [0.05, 0.1) is 19.4 Å². The maximum atomic E-state index is 13.5. The van der Waals surface area contributed by atoms with Crippen molar-refractivity contribution >= 4 is 33.4 Å². The molecule has 0 saturated heterocycles. The number of carbonyl (C=O) groups excluding carboxylic acids is 1. The molecular formula is C16H20BrFN4O3S. The van der Waals surface area contributed by atoms with Crippen LogP contribution in [0.1, 0.15) is 25.6 Å². The largest absolute Gasteiger partial charge is 0.441 e. The van der Waals surface area contributed by atoms with Crippen molar-refractivity contribution < 1.29 is 13.9 Å². The Hall–Kier alpha value is -1.94. The number of halogens is 2. The minimum atomic E-state index is -1.01. The van der Waals surface area contributed by atoms with Gasteiger partial charge in [0.15, 0.2) is 0 Å². The van der Waals surface area contributed by atoms with Crippen molar-refractivity contribution in [3.63, 3.8) is 0 Å². The number of amides is 1. The van der Waals surface area contributed by atoms with Crippen LogP contribution in [0.5, 0.6) is 0 Å². The number of aromatic nitrogens is 3. The fraction of sp³-hybridized carbons (Fsp3) is 0.438. The normalized spacial score (nSPS) is 13.7. The number of hydrogen-bond donors (Lipinski definition) is 1. The standard InChI is InChI=1S/C16H20BrFN4O3S/c1-16(2,3)13(25-14(19)23)10(5-18)6-22-15(24)21(9-20-22)7-12-4-11(17)8-26-12/h4-5,8-9,13H,6-7H2,1-3H3,(H2,19,23). The Balaban J connectivity index is 2.23. The Morgan fingerprint density at radius 3 is 2.73 bits per heavy atom. The summed E-state index contributed by atoms with van der Waals surface area (Å²) >= 11 is 4.88. The monoisotopic (exact) mass is 446 g/mol. The number of carbonyl (C=O) groups is 1. The molecule has 0 aliphatic carbocycles. The molecule has 1 unspecified atom stereocenters. The van der Waals surface area contributed by atoms with Gasteiger partial charge in [-0.15, -0.1) is 11.3 Å². The van der Waals surface area contributed by atoms with Gasteiger partial charge in [0.2, 0.25) is 0 Å². The predicted octanol–water partition coefficient (Wildman–Crippen LogP) is 3.28. The lowest BCUT2D eigenvalue weighted by Gasteiger charge is -2.31. The van der Waals surface area contributed by atoms with Gasteiger partial charge in [-0.05, 0) is 22.0 Å². The highest BCUT2D eigenvalue weighted by molar-refractivity contribution is 9.10. The zero-order valence-corrected chi connectivity index (χ0v) is 17.0. The maximum Gasteiger partial charge on any atom is 0.405 e. The van der Waals surface area contributed by atoms with E-state index in [1.54, 1.807) is 20.8 Å². The predicted molar refractivity (Wildman–Crippen MR) is 101 cm³/mol. The molecule has 2 aromatic heterocycles. The second-order valence-electron chi connectivity index (χ2n) is 6.80. The summed E-state index contributed by atoms with van der Waals surface area (Å²) in [6.07, 6.45) is -0.200. The van der Waals surface area contributed by atoms with Crippen LogP contribution in [-0.4, -0.2) is 26.5 Å². The van der Waals surface area contributed by atoms with Gasteiger partial charge >= 0.3 is 11.8 Å². The molecule has 1 amide bonds. The van der Waals surface area contributed by atoms with Crippen LogP contribution in [0.4, 0.5) is 9.18 Å². The molecule has 2 N–H and O–H groups in total. The third kappa shape index (κ3) is 5.04. The molecule has 1 atom stereocenters. The molecule has 0 bridgehead atoms. The van der Waals surface area contributed by atoms with Gasteiger partial charge in [-0.2, -0.15) is 5.10 Å². The molecule has 0 aliphatic rings. The molecule has 2 rings (SSSR count). The minimum absolute atomic E-state index is 0.0996. The van der Waals surface area contributed by atoms with E-state index < -0.39 is 17.6 Å². The van der Waals surface area contributed by atoms with Crippen LogP contribution in [0.15, 0.2) is 38.9 Å². The minimum Gasteiger partial charge on any atom is -0.441 e. The molecular weight excluding hydrogens is 427 g/mol. The fourth-order valence-electron chi connectivity index (χ4n) is 2.47. The number of nitrogens with two attached hydrogens (primary N) is 1. The van der Waals surface area contributed by atoms with Gasteiger partial charge < -0.3 is 10.5 Å². The Morgan fingerprint density at radius 1 is 1.54 bits per heavy atom. The third-order valence-corrected chi connectivity index (χ3v) is 5.26. The average molecular weight is 447 g/mol. The van der Waals surface area contributed by atoms with Gasteiger partial charge in [-0.1, -0.05) is 20.8 Å². The van der Waals surface area contributed by atoms with Gasteiger partial charge in [-0.3, -0.25) is 4.57 Å². The SMILES string of the molecule is CC(C)(C)C(OC(N)=O)C(=CF)Cn1ncn(Cc2cc(Br)cs2)c1=O. The fourth-order valence-corrected chi connectivity index (χ4v) is 3.91. The maximum absolute atomic E-state index is 13.5. The van der Waals surface area contributed by atoms with E-state index in [9.17, 15) is 14.0 Å². The van der Waals surface area contributed by atoms with E-state index in [0.29, 0.717) is 12.9 Å². The quantitative estimate of drug-likeness (QED) is 0.736. The summed E-state index contributed by atoms with van der Waals surface area (Å²) in [6.45, 7) is 5.55. The van der Waals surface area contributed by atoms with E-state index in [2.05, 4.69) is 21.0 Å². The van der Waals surface area contributed by atoms with Crippen molar-refractivity contribution in [2.45, 2.75) is 40.0 Å². The molecule has 0 fully saturated rings. The number of thiophene rings is 1. The van der Waals surface area contributed by atoms with Crippen molar-refractivity contribution in [3.8, 4) is 0 Å². The van der Waals surface area contributed by atoms with Crippen molar-refractivity contribution in [2.75, 3.05) is 0 Å². The molecule has 0 spiro atoms. The molecule has 0 aromatic carbocycles. The number of ether oxygens (including phenoxy) is 1. The first-order valence-electron chi connectivity index (χ1n) is 7.72. The number of rotatable bonds is 6. The highest BCUT2D eigenvalue weighted by Gasteiger charge is 2.32. The summed E-state index contributed by atoms with van der Waals surface area (Å²) in [4.78, 5) is 24.6. The molecule has 0 saturated carbocycles. The van der Waals surface area contributed by atoms with Crippen LogP contribution in [-0.2, 0) is 17.8 Å². The van der Waals surface area contributed by atoms with Crippen LogP contribution in [0, 0.1) is 5.41 Å². The van der Waals surface area contributed by atoms with Gasteiger partial charge in [0.25, 0.3) is 0 Å². The van der Waals surface area contributed by atoms with E-state index in [1.807, 2.05) is 11.4 Å². The third-order valence-electron chi connectivity index (χ3n) is 3.57. The topological polar surface area (TPSA) is 92.1 Å². The summed E-state index contributed by atoms with van der Waals surface area (Å²) in [5.41, 5.74) is 4.20. The number of hydrogen-bond acceptors (Lipinski definition) is 5. The average Bonchev–Trinajstić information content (AvgIpc) is 3.09. The summed E-state index contributed by atoms with van der Waals surface area (Å²) in [5, 5.41) is 5.95. The summed E-state index contributed by atoms with van der Waals surface area (Å²) in [6, 6.07) is 1.91. The van der Waals surface area contributed by atoms with E-state index in [-0.39, 0.29) is 17.8 Å². The molecule has 0 radical (unpaired) electrons. The highest BCUT2D eigenvalue weighted by atomic mass is 79.9. The lowest BCUT2D eigenvalue weighted by molar-refractivity contribution is 0.0566. The summed E-state index contributed by atoms with van der Waals surface area (Å²) < 4.78 is 22.1. The van der Waals surface area contributed by atoms with E-state index >= 15 is 0 Å². The molecule has 7 nitrogen and oxygen atoms in total. The second kappa shape index (κ2) is 8.17. The van der Waals surface area contributed by atoms with Crippen LogP contribution in [0.25, 0.3) is 0 Å². The second-order valence-corrected chi connectivity index (χ2v) is 8.71. The summed E-state index contributed by atoms with van der Waals surface area (Å²) in [5.74, 6) is 0. The van der Waals surface area contributed by atoms with Crippen LogP contribution in [0.3, 0.4) is 0 Å². The first-order chi connectivity index (χ1) is 12.1. The molecule has 142 valence electrons. The van der Waals surface area contributed by atoms with Crippen LogP contribution < -0.4 is 11.4 Å². The molecule has 10 heteroatoms. The van der Waals surface area contributed by atoms with E-state index in [0.717, 1.165) is 14.0 Å². The Labute approximate surface area is 162 Å². The van der Waals surface area contributed by atoms with Crippen LogP contribution in [0.2, 0.25) is 0 Å². The van der Waals surface area contributed by atoms with Crippen molar-refractivity contribution in [1.82, 2.24) is 14.3 Å². The Morgan fingerprint density at radius 2 is 2.23 bits per heavy atom. The summed E-state index contributed by atoms with van der Waals surface area (Å²) in [7, 11) is 0. The molecule has 0 aliphatic heterocycles. The van der Waals surface area contributed by atoms with Crippen molar-refractivity contribution in [3.05, 3.63) is 49.5 Å². The number of primary amides is 1. The lowest BCUT2D eigenvalue weighted by Crippen LogP contribution is -2.38. The first-order valence-corrected chi connectivity index (χ1v) is 9.39. The van der Waals surface area contributed by atoms with Crippen molar-refractivity contribution in [1.29, 1.82) is 0 Å². The Kier molecular flexibility index (Phi) is 6.40. The molecule has 26 heavy (non-hydrogen) atoms. The van der Waals surface area contributed by atoms with Gasteiger partial charge in [0.1, 0.15) is 12.4 Å². The van der Waals surface area contributed by atoms with Gasteiger partial charge in [-0.25, -0.2) is 18.7 Å². The lowest BCUT2D eigenvalue weighted by atomic mass is 9.84. The van der Waals surface area contributed by atoms with E-state index in [1.165, 1.54) is 22.2 Å². The molecule has 2 heterocycles. The zero-order valence-electron chi connectivity index (χ0n) is 14.6. The molecule has 2 aromatic rings. The van der Waals surface area contributed by atoms with E-state index in [4.69, 9.17) is 10.5 Å². The zero-order chi connectivity index (χ0) is 19.5. The van der Waals surface area contributed by atoms with Gasteiger partial charge in [0, 0.05) is 25.7 Å².